The second-order valence-electron chi connectivity index (χ2n) is 5.39. The van der Waals surface area contributed by atoms with Crippen molar-refractivity contribution in [3.05, 3.63) is 0 Å². The molecule has 1 saturated heterocycles. The number of carbonyl (C=O) groups is 1. The van der Waals surface area contributed by atoms with Crippen LogP contribution in [0, 0.1) is 5.92 Å². The van der Waals surface area contributed by atoms with Gasteiger partial charge in [-0.2, -0.15) is 0 Å². The molecule has 2 N–H and O–H groups in total. The van der Waals surface area contributed by atoms with E-state index in [1.165, 1.54) is 0 Å². The predicted molar refractivity (Wildman–Crippen MR) is 75.1 cm³/mol. The van der Waals surface area contributed by atoms with Crippen LogP contribution in [-0.2, 0) is 14.3 Å². The van der Waals surface area contributed by atoms with E-state index in [0.717, 1.165) is 32.5 Å². The lowest BCUT2D eigenvalue weighted by Crippen LogP contribution is -2.33. The molecular weight excluding hydrogens is 244 g/mol. The van der Waals surface area contributed by atoms with E-state index in [1.54, 1.807) is 0 Å². The fraction of sp³-hybridized carbons (Fsp3) is 0.929. The maximum absolute atomic E-state index is 11.5. The molecule has 5 heteroatoms. The molecular formula is C14H28N2O3. The van der Waals surface area contributed by atoms with Gasteiger partial charge in [0.25, 0.3) is 0 Å². The molecule has 112 valence electrons. The van der Waals surface area contributed by atoms with Crippen LogP contribution in [0.1, 0.15) is 33.1 Å². The molecule has 1 heterocycles. The molecule has 1 aliphatic rings. The Hall–Kier alpha value is -0.650. The summed E-state index contributed by atoms with van der Waals surface area (Å²) in [5.74, 6) is 0.580. The number of amides is 1. The van der Waals surface area contributed by atoms with Crippen LogP contribution in [0.3, 0.4) is 0 Å². The summed E-state index contributed by atoms with van der Waals surface area (Å²) in [6, 6.07) is 0. The largest absolute Gasteiger partial charge is 0.379 e. The second kappa shape index (κ2) is 10.2. The number of piperidine rings is 1. The summed E-state index contributed by atoms with van der Waals surface area (Å²) in [5, 5.41) is 6.13. The van der Waals surface area contributed by atoms with Gasteiger partial charge in [0.05, 0.1) is 19.3 Å². The van der Waals surface area contributed by atoms with E-state index in [-0.39, 0.29) is 5.91 Å². The van der Waals surface area contributed by atoms with Gasteiger partial charge in [-0.15, -0.1) is 0 Å². The van der Waals surface area contributed by atoms with Gasteiger partial charge >= 0.3 is 0 Å². The average molecular weight is 272 g/mol. The molecule has 1 aliphatic heterocycles. The summed E-state index contributed by atoms with van der Waals surface area (Å²) in [6.45, 7) is 8.68. The molecule has 5 nitrogen and oxygen atoms in total. The van der Waals surface area contributed by atoms with E-state index in [9.17, 15) is 4.79 Å². The first-order valence-corrected chi connectivity index (χ1v) is 7.35. The summed E-state index contributed by atoms with van der Waals surface area (Å²) in [6.07, 6.45) is 2.85. The molecule has 0 radical (unpaired) electrons. The standard InChI is InChI=1S/C14H28N2O3/c1-12(2)11-18-10-8-16-14(17)5-9-19-13-3-6-15-7-4-13/h12-13,15H,3-11H2,1-2H3,(H,16,17). The maximum atomic E-state index is 11.5. The molecule has 1 amide bonds. The normalized spacial score (nSPS) is 16.8. The molecule has 1 rings (SSSR count). The molecule has 0 aromatic heterocycles. The third-order valence-electron chi connectivity index (χ3n) is 2.99. The van der Waals surface area contributed by atoms with Crippen LogP contribution >= 0.6 is 0 Å². The molecule has 0 aliphatic carbocycles. The molecule has 0 aromatic carbocycles. The zero-order chi connectivity index (χ0) is 13.9. The molecule has 0 saturated carbocycles. The van der Waals surface area contributed by atoms with E-state index in [1.807, 2.05) is 0 Å². The van der Waals surface area contributed by atoms with E-state index in [4.69, 9.17) is 9.47 Å². The summed E-state index contributed by atoms with van der Waals surface area (Å²) in [5.41, 5.74) is 0. The van der Waals surface area contributed by atoms with Gasteiger partial charge in [0.2, 0.25) is 5.91 Å². The van der Waals surface area contributed by atoms with Crippen molar-refractivity contribution in [2.45, 2.75) is 39.2 Å². The maximum Gasteiger partial charge on any atom is 0.222 e. The Morgan fingerprint density at radius 1 is 1.32 bits per heavy atom. The number of ether oxygens (including phenoxy) is 2. The zero-order valence-electron chi connectivity index (χ0n) is 12.2. The van der Waals surface area contributed by atoms with Crippen molar-refractivity contribution >= 4 is 5.91 Å². The van der Waals surface area contributed by atoms with E-state index in [0.29, 0.717) is 38.2 Å². The van der Waals surface area contributed by atoms with Crippen LogP contribution in [0.15, 0.2) is 0 Å². The fourth-order valence-corrected chi connectivity index (χ4v) is 1.95. The first-order chi connectivity index (χ1) is 9.18. The van der Waals surface area contributed by atoms with Crippen molar-refractivity contribution in [1.29, 1.82) is 0 Å². The number of nitrogens with one attached hydrogen (secondary N) is 2. The van der Waals surface area contributed by atoms with Crippen molar-refractivity contribution in [3.63, 3.8) is 0 Å². The lowest BCUT2D eigenvalue weighted by atomic mass is 10.1. The van der Waals surface area contributed by atoms with Gasteiger partial charge in [-0.3, -0.25) is 4.79 Å². The van der Waals surface area contributed by atoms with Crippen molar-refractivity contribution in [1.82, 2.24) is 10.6 Å². The minimum absolute atomic E-state index is 0.0436. The van der Waals surface area contributed by atoms with E-state index >= 15 is 0 Å². The molecule has 0 bridgehead atoms. The highest BCUT2D eigenvalue weighted by Crippen LogP contribution is 2.07. The molecule has 1 fully saturated rings. The van der Waals surface area contributed by atoms with Gasteiger partial charge in [0.1, 0.15) is 0 Å². The smallest absolute Gasteiger partial charge is 0.222 e. The Morgan fingerprint density at radius 3 is 2.74 bits per heavy atom. The average Bonchev–Trinajstić information content (AvgIpc) is 2.39. The quantitative estimate of drug-likeness (QED) is 0.613. The van der Waals surface area contributed by atoms with Gasteiger partial charge in [-0.05, 0) is 31.8 Å². The van der Waals surface area contributed by atoms with Crippen LogP contribution in [0.4, 0.5) is 0 Å². The Morgan fingerprint density at radius 2 is 2.05 bits per heavy atom. The minimum Gasteiger partial charge on any atom is -0.379 e. The first-order valence-electron chi connectivity index (χ1n) is 7.35. The van der Waals surface area contributed by atoms with Crippen LogP contribution in [0.2, 0.25) is 0 Å². The first kappa shape index (κ1) is 16.4. The lowest BCUT2D eigenvalue weighted by molar-refractivity contribution is -0.123. The number of rotatable bonds is 9. The van der Waals surface area contributed by atoms with Crippen LogP contribution < -0.4 is 10.6 Å². The number of hydrogen-bond acceptors (Lipinski definition) is 4. The molecule has 0 aromatic rings. The van der Waals surface area contributed by atoms with E-state index < -0.39 is 0 Å². The molecule has 0 atom stereocenters. The van der Waals surface area contributed by atoms with E-state index in [2.05, 4.69) is 24.5 Å². The van der Waals surface area contributed by atoms with Crippen LogP contribution in [0.25, 0.3) is 0 Å². The van der Waals surface area contributed by atoms with Crippen molar-refractivity contribution in [2.75, 3.05) is 39.5 Å². The van der Waals surface area contributed by atoms with Gasteiger partial charge in [-0.1, -0.05) is 13.8 Å². The van der Waals surface area contributed by atoms with Crippen molar-refractivity contribution in [3.8, 4) is 0 Å². The highest BCUT2D eigenvalue weighted by Gasteiger charge is 2.13. The fourth-order valence-electron chi connectivity index (χ4n) is 1.95. The monoisotopic (exact) mass is 272 g/mol. The summed E-state index contributed by atoms with van der Waals surface area (Å²) < 4.78 is 11.1. The van der Waals surface area contributed by atoms with Crippen LogP contribution in [-0.4, -0.2) is 51.5 Å². The molecule has 19 heavy (non-hydrogen) atoms. The third kappa shape index (κ3) is 8.97. The van der Waals surface area contributed by atoms with Gasteiger partial charge in [-0.25, -0.2) is 0 Å². The number of hydrogen-bond donors (Lipinski definition) is 2. The lowest BCUT2D eigenvalue weighted by Gasteiger charge is -2.22. The Bertz CT molecular complexity index is 241. The van der Waals surface area contributed by atoms with Gasteiger partial charge < -0.3 is 20.1 Å². The Balaban J connectivity index is 1.90. The van der Waals surface area contributed by atoms with Crippen molar-refractivity contribution < 1.29 is 14.3 Å². The van der Waals surface area contributed by atoms with Gasteiger partial charge in [0, 0.05) is 19.6 Å². The Kier molecular flexibility index (Phi) is 8.79. The summed E-state index contributed by atoms with van der Waals surface area (Å²) >= 11 is 0. The minimum atomic E-state index is 0.0436. The topological polar surface area (TPSA) is 59.6 Å². The molecule has 0 spiro atoms. The Labute approximate surface area is 116 Å². The second-order valence-corrected chi connectivity index (χ2v) is 5.39. The zero-order valence-corrected chi connectivity index (χ0v) is 12.2. The number of carbonyl (C=O) groups excluding carboxylic acids is 1. The van der Waals surface area contributed by atoms with Crippen LogP contribution in [0.5, 0.6) is 0 Å². The summed E-state index contributed by atoms with van der Waals surface area (Å²) in [4.78, 5) is 11.5. The van der Waals surface area contributed by atoms with Crippen molar-refractivity contribution in [2.24, 2.45) is 5.92 Å². The highest BCUT2D eigenvalue weighted by atomic mass is 16.5. The highest BCUT2D eigenvalue weighted by molar-refractivity contribution is 5.75. The third-order valence-corrected chi connectivity index (χ3v) is 2.99. The SMILES string of the molecule is CC(C)COCCNC(=O)CCOC1CCNCC1. The van der Waals surface area contributed by atoms with Gasteiger partial charge in [0.15, 0.2) is 0 Å². The molecule has 0 unspecified atom stereocenters. The predicted octanol–water partition coefficient (Wildman–Crippen LogP) is 0.934. The summed E-state index contributed by atoms with van der Waals surface area (Å²) in [7, 11) is 0.